The van der Waals surface area contributed by atoms with E-state index in [9.17, 15) is 4.79 Å². The van der Waals surface area contributed by atoms with E-state index in [1.54, 1.807) is 24.3 Å². The molecule has 0 unspecified atom stereocenters. The molecule has 0 radical (unpaired) electrons. The number of benzene rings is 3. The fourth-order valence-electron chi connectivity index (χ4n) is 3.71. The molecule has 1 fully saturated rings. The van der Waals surface area contributed by atoms with Gasteiger partial charge in [-0.3, -0.25) is 4.79 Å². The second kappa shape index (κ2) is 6.50. The zero-order chi connectivity index (χ0) is 18.0. The third-order valence-electron chi connectivity index (χ3n) is 5.14. The fourth-order valence-corrected chi connectivity index (χ4v) is 3.71. The molecule has 3 nitrogen and oxygen atoms in total. The molecule has 0 spiro atoms. The van der Waals surface area contributed by atoms with Crippen molar-refractivity contribution < 1.29 is 4.79 Å². The van der Waals surface area contributed by atoms with Crippen LogP contribution in [-0.2, 0) is 10.2 Å². The Morgan fingerprint density at radius 1 is 0.885 bits per heavy atom. The number of hydrogen-bond acceptors (Lipinski definition) is 2. The first-order valence-electron chi connectivity index (χ1n) is 8.66. The molecule has 1 N–H and O–H groups in total. The van der Waals surface area contributed by atoms with Crippen molar-refractivity contribution in [1.29, 1.82) is 5.26 Å². The number of amides is 1. The Labute approximate surface area is 152 Å². The number of hydrogen-bond donors (Lipinski definition) is 1. The van der Waals surface area contributed by atoms with Crippen LogP contribution in [0.5, 0.6) is 0 Å². The summed E-state index contributed by atoms with van der Waals surface area (Å²) in [6.07, 6.45) is 0.795. The van der Waals surface area contributed by atoms with E-state index in [-0.39, 0.29) is 17.2 Å². The van der Waals surface area contributed by atoms with Crippen molar-refractivity contribution in [3.8, 4) is 6.07 Å². The quantitative estimate of drug-likeness (QED) is 0.761. The molecule has 3 heteroatoms. The first-order chi connectivity index (χ1) is 12.7. The van der Waals surface area contributed by atoms with E-state index in [4.69, 9.17) is 5.26 Å². The molecule has 26 heavy (non-hydrogen) atoms. The largest absolute Gasteiger partial charge is 0.326 e. The average Bonchev–Trinajstić information content (AvgIpc) is 3.47. The van der Waals surface area contributed by atoms with E-state index in [0.717, 1.165) is 12.1 Å². The number of carbonyl (C=O) groups is 1. The van der Waals surface area contributed by atoms with Crippen LogP contribution < -0.4 is 5.32 Å². The van der Waals surface area contributed by atoms with Crippen LogP contribution in [0.25, 0.3) is 0 Å². The van der Waals surface area contributed by atoms with Gasteiger partial charge < -0.3 is 5.32 Å². The molecule has 0 heterocycles. The first kappa shape index (κ1) is 16.1. The summed E-state index contributed by atoms with van der Waals surface area (Å²) >= 11 is 0. The van der Waals surface area contributed by atoms with Gasteiger partial charge in [0.1, 0.15) is 0 Å². The molecule has 1 saturated carbocycles. The SMILES string of the molecule is N#Cc1ccc(NC(=O)[C@@H]2CC2(c2ccccc2)c2ccccc2)cc1. The summed E-state index contributed by atoms with van der Waals surface area (Å²) in [6, 6.07) is 29.5. The summed E-state index contributed by atoms with van der Waals surface area (Å²) in [5.74, 6) is -0.0923. The molecule has 126 valence electrons. The van der Waals surface area contributed by atoms with Crippen molar-refractivity contribution in [2.24, 2.45) is 5.92 Å². The molecule has 0 saturated heterocycles. The molecule has 4 rings (SSSR count). The topological polar surface area (TPSA) is 52.9 Å². The van der Waals surface area contributed by atoms with E-state index in [1.165, 1.54) is 11.1 Å². The minimum absolute atomic E-state index is 0.0161. The molecule has 1 aliphatic carbocycles. The van der Waals surface area contributed by atoms with Crippen molar-refractivity contribution in [3.63, 3.8) is 0 Å². The van der Waals surface area contributed by atoms with Crippen LogP contribution in [0.1, 0.15) is 23.1 Å². The normalized spacial score (nSPS) is 17.1. The monoisotopic (exact) mass is 338 g/mol. The summed E-state index contributed by atoms with van der Waals surface area (Å²) in [5, 5.41) is 11.9. The molecule has 1 amide bonds. The lowest BCUT2D eigenvalue weighted by Gasteiger charge is -2.19. The predicted molar refractivity (Wildman–Crippen MR) is 102 cm³/mol. The Kier molecular flexibility index (Phi) is 4.02. The maximum atomic E-state index is 12.9. The van der Waals surface area contributed by atoms with Gasteiger partial charge in [0.05, 0.1) is 17.6 Å². The second-order valence-corrected chi connectivity index (χ2v) is 6.64. The molecular weight excluding hydrogens is 320 g/mol. The summed E-state index contributed by atoms with van der Waals surface area (Å²) in [4.78, 5) is 12.9. The number of anilines is 1. The van der Waals surface area contributed by atoms with E-state index in [2.05, 4.69) is 35.7 Å². The number of nitriles is 1. The standard InChI is InChI=1S/C23H18N2O/c24-16-17-11-13-20(14-12-17)25-22(26)21-15-23(21,18-7-3-1-4-8-18)19-9-5-2-6-10-19/h1-14,21H,15H2,(H,25,26)/t21-/m0/s1. The molecule has 0 bridgehead atoms. The van der Waals surface area contributed by atoms with Gasteiger partial charge >= 0.3 is 0 Å². The van der Waals surface area contributed by atoms with Gasteiger partial charge in [-0.2, -0.15) is 5.26 Å². The Balaban J connectivity index is 1.62. The summed E-state index contributed by atoms with van der Waals surface area (Å²) < 4.78 is 0. The van der Waals surface area contributed by atoms with E-state index >= 15 is 0 Å². The second-order valence-electron chi connectivity index (χ2n) is 6.64. The molecule has 3 aromatic carbocycles. The Hall–Kier alpha value is -3.38. The summed E-state index contributed by atoms with van der Waals surface area (Å²) in [7, 11) is 0. The highest BCUT2D eigenvalue weighted by Gasteiger charge is 2.60. The minimum Gasteiger partial charge on any atom is -0.326 e. The van der Waals surface area contributed by atoms with Gasteiger partial charge in [-0.05, 0) is 41.8 Å². The zero-order valence-electron chi connectivity index (χ0n) is 14.2. The van der Waals surface area contributed by atoms with Gasteiger partial charge in [-0.15, -0.1) is 0 Å². The molecular formula is C23H18N2O. The van der Waals surface area contributed by atoms with E-state index in [0.29, 0.717) is 5.56 Å². The smallest absolute Gasteiger partial charge is 0.228 e. The Morgan fingerprint density at radius 2 is 1.42 bits per heavy atom. The van der Waals surface area contributed by atoms with Gasteiger partial charge in [-0.1, -0.05) is 60.7 Å². The lowest BCUT2D eigenvalue weighted by Crippen LogP contribution is -2.22. The van der Waals surface area contributed by atoms with Gasteiger partial charge in [0, 0.05) is 11.1 Å². The minimum atomic E-state index is -0.265. The maximum absolute atomic E-state index is 12.9. The van der Waals surface area contributed by atoms with Gasteiger partial charge in [-0.25, -0.2) is 0 Å². The fraction of sp³-hybridized carbons (Fsp3) is 0.130. The van der Waals surface area contributed by atoms with Crippen LogP contribution in [0.3, 0.4) is 0 Å². The predicted octanol–water partition coefficient (Wildman–Crippen LogP) is 4.50. The van der Waals surface area contributed by atoms with Crippen molar-refractivity contribution in [1.82, 2.24) is 0 Å². The number of rotatable bonds is 4. The third kappa shape index (κ3) is 2.76. The molecule has 0 aliphatic heterocycles. The van der Waals surface area contributed by atoms with Crippen LogP contribution in [-0.4, -0.2) is 5.91 Å². The van der Waals surface area contributed by atoms with Gasteiger partial charge in [0.15, 0.2) is 0 Å². The summed E-state index contributed by atoms with van der Waals surface area (Å²) in [5.41, 5.74) is 3.38. The number of carbonyl (C=O) groups excluding carboxylic acids is 1. The molecule has 0 aromatic heterocycles. The van der Waals surface area contributed by atoms with Gasteiger partial charge in [0.25, 0.3) is 0 Å². The maximum Gasteiger partial charge on any atom is 0.228 e. The van der Waals surface area contributed by atoms with E-state index < -0.39 is 0 Å². The lowest BCUT2D eigenvalue weighted by atomic mass is 9.85. The number of nitrogens with one attached hydrogen (secondary N) is 1. The van der Waals surface area contributed by atoms with Crippen LogP contribution in [0.4, 0.5) is 5.69 Å². The highest BCUT2D eigenvalue weighted by molar-refractivity contribution is 5.97. The zero-order valence-corrected chi connectivity index (χ0v) is 14.2. The van der Waals surface area contributed by atoms with Gasteiger partial charge in [0.2, 0.25) is 5.91 Å². The van der Waals surface area contributed by atoms with E-state index in [1.807, 2.05) is 36.4 Å². The third-order valence-corrected chi connectivity index (χ3v) is 5.14. The molecule has 1 atom stereocenters. The first-order valence-corrected chi connectivity index (χ1v) is 8.66. The number of nitrogens with zero attached hydrogens (tertiary/aromatic N) is 1. The Bertz CT molecular complexity index is 917. The van der Waals surface area contributed by atoms with Crippen molar-refractivity contribution in [3.05, 3.63) is 102 Å². The van der Waals surface area contributed by atoms with Crippen molar-refractivity contribution in [2.75, 3.05) is 5.32 Å². The molecule has 1 aliphatic rings. The lowest BCUT2D eigenvalue weighted by molar-refractivity contribution is -0.117. The highest BCUT2D eigenvalue weighted by atomic mass is 16.2. The van der Waals surface area contributed by atoms with Crippen LogP contribution >= 0.6 is 0 Å². The Morgan fingerprint density at radius 3 is 1.92 bits per heavy atom. The summed E-state index contributed by atoms with van der Waals surface area (Å²) in [6.45, 7) is 0. The molecule has 3 aromatic rings. The average molecular weight is 338 g/mol. The highest BCUT2D eigenvalue weighted by Crippen LogP contribution is 2.59. The van der Waals surface area contributed by atoms with Crippen molar-refractivity contribution >= 4 is 11.6 Å². The van der Waals surface area contributed by atoms with Crippen molar-refractivity contribution in [2.45, 2.75) is 11.8 Å². The van der Waals surface area contributed by atoms with Crippen LogP contribution in [0.15, 0.2) is 84.9 Å². The van der Waals surface area contributed by atoms with Crippen LogP contribution in [0.2, 0.25) is 0 Å². The van der Waals surface area contributed by atoms with Crippen LogP contribution in [0, 0.1) is 17.2 Å².